The van der Waals surface area contributed by atoms with Crippen molar-refractivity contribution in [1.29, 1.82) is 0 Å². The zero-order valence-corrected chi connectivity index (χ0v) is 11.8. The molecule has 0 amide bonds. The van der Waals surface area contributed by atoms with Gasteiger partial charge in [-0.1, -0.05) is 13.8 Å². The fourth-order valence-electron chi connectivity index (χ4n) is 1.38. The number of aliphatic hydroxyl groups excluding tert-OH is 1. The van der Waals surface area contributed by atoms with Gasteiger partial charge >= 0.3 is 10.4 Å². The molecule has 0 bridgehead atoms. The van der Waals surface area contributed by atoms with E-state index in [4.69, 9.17) is 23.3 Å². The Hall–Kier alpha value is -1.39. The van der Waals surface area contributed by atoms with E-state index in [1.165, 1.54) is 18.2 Å². The first-order valence-corrected chi connectivity index (χ1v) is 6.98. The van der Waals surface area contributed by atoms with Crippen molar-refractivity contribution >= 4 is 10.4 Å². The summed E-state index contributed by atoms with van der Waals surface area (Å²) in [5, 5.41) is 28.4. The third kappa shape index (κ3) is 7.92. The molecule has 0 heterocycles. The first-order chi connectivity index (χ1) is 8.91. The Bertz CT molecular complexity index is 501. The van der Waals surface area contributed by atoms with Gasteiger partial charge in [-0.05, 0) is 23.6 Å². The van der Waals surface area contributed by atoms with Gasteiger partial charge in [0, 0.05) is 12.1 Å². The maximum absolute atomic E-state index is 9.86. The predicted molar refractivity (Wildman–Crippen MR) is 71.7 cm³/mol. The predicted octanol–water partition coefficient (Wildman–Crippen LogP) is 0.462. The number of phenols is 2. The standard InChI is InChI=1S/C11H17NO3.H2O4S/c1-6(2)10(12)11(15)7-3-8(13)5-9(14)4-7;1-5(2,3)4/h3-6,10-11,13-15H,12H2,1-2H3;(H2,1,2,3,4). The summed E-state index contributed by atoms with van der Waals surface area (Å²) in [6.07, 6.45) is -0.886. The number of nitrogens with two attached hydrogens (primary N) is 1. The fourth-order valence-corrected chi connectivity index (χ4v) is 1.38. The molecule has 0 radical (unpaired) electrons. The summed E-state index contributed by atoms with van der Waals surface area (Å²) >= 11 is 0. The van der Waals surface area contributed by atoms with E-state index in [1.54, 1.807) is 0 Å². The van der Waals surface area contributed by atoms with E-state index in [1.807, 2.05) is 13.8 Å². The highest BCUT2D eigenvalue weighted by Gasteiger charge is 2.20. The lowest BCUT2D eigenvalue weighted by atomic mass is 9.94. The number of hydrogen-bond donors (Lipinski definition) is 6. The van der Waals surface area contributed by atoms with Crippen LogP contribution in [-0.2, 0) is 10.4 Å². The van der Waals surface area contributed by atoms with Crippen molar-refractivity contribution < 1.29 is 32.8 Å². The summed E-state index contributed by atoms with van der Waals surface area (Å²) in [4.78, 5) is 0. The molecule has 0 aliphatic rings. The summed E-state index contributed by atoms with van der Waals surface area (Å²) in [6, 6.07) is 3.57. The molecule has 9 heteroatoms. The Morgan fingerprint density at radius 3 is 1.70 bits per heavy atom. The molecular weight excluding hydrogens is 290 g/mol. The second-order valence-electron chi connectivity index (χ2n) is 4.50. The lowest BCUT2D eigenvalue weighted by molar-refractivity contribution is 0.125. The van der Waals surface area contributed by atoms with Gasteiger partial charge in [0.2, 0.25) is 0 Å². The van der Waals surface area contributed by atoms with Gasteiger partial charge in [0.1, 0.15) is 11.5 Å². The zero-order chi connectivity index (χ0) is 16.1. The van der Waals surface area contributed by atoms with Crippen LogP contribution in [0.15, 0.2) is 18.2 Å². The second kappa shape index (κ2) is 7.41. The third-order valence-electron chi connectivity index (χ3n) is 2.40. The van der Waals surface area contributed by atoms with Crippen molar-refractivity contribution in [2.75, 3.05) is 0 Å². The molecule has 0 aliphatic heterocycles. The van der Waals surface area contributed by atoms with Crippen molar-refractivity contribution in [2.24, 2.45) is 11.7 Å². The molecule has 2 atom stereocenters. The average molecular weight is 309 g/mol. The highest BCUT2D eigenvalue weighted by molar-refractivity contribution is 7.79. The van der Waals surface area contributed by atoms with Crippen LogP contribution in [0.3, 0.4) is 0 Å². The van der Waals surface area contributed by atoms with Crippen molar-refractivity contribution in [3.05, 3.63) is 23.8 Å². The quantitative estimate of drug-likeness (QED) is 0.439. The monoisotopic (exact) mass is 309 g/mol. The van der Waals surface area contributed by atoms with Gasteiger partial charge in [-0.15, -0.1) is 0 Å². The maximum Gasteiger partial charge on any atom is 0.394 e. The molecule has 1 aromatic carbocycles. The minimum absolute atomic E-state index is 0.0833. The molecule has 0 aromatic heterocycles. The van der Waals surface area contributed by atoms with Crippen molar-refractivity contribution in [3.8, 4) is 11.5 Å². The van der Waals surface area contributed by atoms with Gasteiger partial charge in [0.05, 0.1) is 6.10 Å². The molecule has 1 rings (SSSR count). The molecule has 8 nitrogen and oxygen atoms in total. The first kappa shape index (κ1) is 18.6. The van der Waals surface area contributed by atoms with E-state index in [0.717, 1.165) is 0 Å². The van der Waals surface area contributed by atoms with Gasteiger partial charge in [-0.3, -0.25) is 9.11 Å². The van der Waals surface area contributed by atoms with Crippen LogP contribution in [0.2, 0.25) is 0 Å². The van der Waals surface area contributed by atoms with E-state index in [-0.39, 0.29) is 17.4 Å². The summed E-state index contributed by atoms with van der Waals surface area (Å²) in [7, 11) is -4.67. The molecule has 1 aromatic rings. The van der Waals surface area contributed by atoms with Gasteiger partial charge in [0.25, 0.3) is 0 Å². The number of hydrogen-bond acceptors (Lipinski definition) is 6. The largest absolute Gasteiger partial charge is 0.508 e. The highest BCUT2D eigenvalue weighted by Crippen LogP contribution is 2.27. The normalized spacial score (nSPS) is 14.3. The Balaban J connectivity index is 0.000000621. The smallest absolute Gasteiger partial charge is 0.394 e. The molecule has 0 fully saturated rings. The summed E-state index contributed by atoms with van der Waals surface area (Å²) < 4.78 is 31.6. The van der Waals surface area contributed by atoms with Crippen LogP contribution < -0.4 is 5.73 Å². The average Bonchev–Trinajstić information content (AvgIpc) is 2.23. The number of aliphatic hydroxyl groups is 1. The van der Waals surface area contributed by atoms with Crippen LogP contribution in [0.1, 0.15) is 25.5 Å². The van der Waals surface area contributed by atoms with Crippen LogP contribution in [0, 0.1) is 5.92 Å². The minimum atomic E-state index is -4.67. The molecular formula is C11H19NO7S. The van der Waals surface area contributed by atoms with Gasteiger partial charge in [-0.2, -0.15) is 8.42 Å². The van der Waals surface area contributed by atoms with E-state index in [9.17, 15) is 15.3 Å². The van der Waals surface area contributed by atoms with Crippen LogP contribution >= 0.6 is 0 Å². The fraction of sp³-hybridized carbons (Fsp3) is 0.455. The topological polar surface area (TPSA) is 161 Å². The van der Waals surface area contributed by atoms with Crippen LogP contribution in [-0.4, -0.2) is 38.9 Å². The van der Waals surface area contributed by atoms with E-state index in [2.05, 4.69) is 0 Å². The molecule has 0 saturated heterocycles. The lowest BCUT2D eigenvalue weighted by Gasteiger charge is -2.22. The number of benzene rings is 1. The SMILES string of the molecule is CC(C)C(N)C(O)c1cc(O)cc(O)c1.O=S(=O)(O)O. The zero-order valence-electron chi connectivity index (χ0n) is 11.0. The first-order valence-electron chi connectivity index (χ1n) is 5.58. The molecule has 2 unspecified atom stereocenters. The Morgan fingerprint density at radius 2 is 1.40 bits per heavy atom. The van der Waals surface area contributed by atoms with E-state index < -0.39 is 22.5 Å². The molecule has 116 valence electrons. The molecule has 0 aliphatic carbocycles. The van der Waals surface area contributed by atoms with Gasteiger partial charge < -0.3 is 21.1 Å². The minimum Gasteiger partial charge on any atom is -0.508 e. The van der Waals surface area contributed by atoms with Gasteiger partial charge in [0.15, 0.2) is 0 Å². The van der Waals surface area contributed by atoms with Gasteiger partial charge in [-0.25, -0.2) is 0 Å². The third-order valence-corrected chi connectivity index (χ3v) is 2.40. The molecule has 7 N–H and O–H groups in total. The highest BCUT2D eigenvalue weighted by atomic mass is 32.3. The summed E-state index contributed by atoms with van der Waals surface area (Å²) in [5.41, 5.74) is 6.20. The van der Waals surface area contributed by atoms with Crippen molar-refractivity contribution in [3.63, 3.8) is 0 Å². The van der Waals surface area contributed by atoms with Crippen molar-refractivity contribution in [2.45, 2.75) is 26.0 Å². The number of rotatable bonds is 3. The van der Waals surface area contributed by atoms with Crippen LogP contribution in [0.25, 0.3) is 0 Å². The summed E-state index contributed by atoms with van der Waals surface area (Å²) in [6.45, 7) is 3.80. The Kier molecular flexibility index (Phi) is 6.89. The lowest BCUT2D eigenvalue weighted by Crippen LogP contribution is -2.33. The van der Waals surface area contributed by atoms with Crippen LogP contribution in [0.4, 0.5) is 0 Å². The maximum atomic E-state index is 9.86. The molecule has 20 heavy (non-hydrogen) atoms. The molecule has 0 saturated carbocycles. The van der Waals surface area contributed by atoms with E-state index >= 15 is 0 Å². The Morgan fingerprint density at radius 1 is 1.05 bits per heavy atom. The number of aromatic hydroxyl groups is 2. The summed E-state index contributed by atoms with van der Waals surface area (Å²) in [5.74, 6) is -0.0514. The van der Waals surface area contributed by atoms with Crippen LogP contribution in [0.5, 0.6) is 11.5 Å². The molecule has 0 spiro atoms. The second-order valence-corrected chi connectivity index (χ2v) is 5.39. The van der Waals surface area contributed by atoms with E-state index in [0.29, 0.717) is 5.56 Å². The number of phenolic OH excluding ortho intramolecular Hbond substituents is 2. The van der Waals surface area contributed by atoms with Crippen molar-refractivity contribution in [1.82, 2.24) is 0 Å². The Labute approximate surface area is 117 Å².